The van der Waals surface area contributed by atoms with Crippen molar-refractivity contribution in [1.29, 1.82) is 0 Å². The van der Waals surface area contributed by atoms with Gasteiger partial charge < -0.3 is 15.5 Å². The number of rotatable bonds is 9. The second-order valence-corrected chi connectivity index (χ2v) is 6.97. The number of hydrogen-bond donors (Lipinski definition) is 2. The molecule has 0 unspecified atom stereocenters. The maximum atomic E-state index is 4.72. The van der Waals surface area contributed by atoms with Gasteiger partial charge in [0.25, 0.3) is 0 Å². The van der Waals surface area contributed by atoms with Gasteiger partial charge in [0.2, 0.25) is 0 Å². The van der Waals surface area contributed by atoms with E-state index in [0.29, 0.717) is 0 Å². The molecule has 1 saturated heterocycles. The fraction of sp³-hybridized carbons (Fsp3) is 0.478. The molecule has 2 N–H and O–H groups in total. The van der Waals surface area contributed by atoms with E-state index in [4.69, 9.17) is 4.98 Å². The van der Waals surface area contributed by atoms with Crippen LogP contribution in [0.1, 0.15) is 50.4 Å². The highest BCUT2D eigenvalue weighted by atomic mass is 15.1. The molecule has 1 aliphatic heterocycles. The fourth-order valence-corrected chi connectivity index (χ4v) is 3.38. The first-order valence-corrected chi connectivity index (χ1v) is 10.4. The lowest BCUT2D eigenvalue weighted by molar-refractivity contribution is 0.694. The van der Waals surface area contributed by atoms with Crippen molar-refractivity contribution >= 4 is 17.2 Å². The molecule has 0 spiro atoms. The van der Waals surface area contributed by atoms with Crippen LogP contribution in [0.2, 0.25) is 0 Å². The molecule has 28 heavy (non-hydrogen) atoms. The molecule has 2 aromatic rings. The van der Waals surface area contributed by atoms with Crippen LogP contribution < -0.4 is 15.5 Å². The summed E-state index contributed by atoms with van der Waals surface area (Å²) in [6.07, 6.45) is 9.03. The molecule has 5 heteroatoms. The normalized spacial score (nSPS) is 13.0. The molecule has 152 valence electrons. The Hall–Kier alpha value is -2.56. The van der Waals surface area contributed by atoms with Crippen LogP contribution in [-0.4, -0.2) is 30.1 Å². The molecule has 1 aromatic heterocycles. The summed E-state index contributed by atoms with van der Waals surface area (Å²) < 4.78 is 0. The maximum Gasteiger partial charge on any atom is 0.153 e. The van der Waals surface area contributed by atoms with Crippen LogP contribution in [0, 0.1) is 0 Å². The molecule has 0 saturated carbocycles. The number of nitrogens with one attached hydrogen (secondary N) is 2. The quantitative estimate of drug-likeness (QED) is 0.458. The first-order chi connectivity index (χ1) is 13.8. The molecule has 0 aliphatic carbocycles. The highest BCUT2D eigenvalue weighted by Gasteiger charge is 2.12. The third-order valence-electron chi connectivity index (χ3n) is 4.98. The van der Waals surface area contributed by atoms with E-state index >= 15 is 0 Å². The van der Waals surface area contributed by atoms with Crippen LogP contribution in [-0.2, 0) is 13.0 Å². The fourth-order valence-electron chi connectivity index (χ4n) is 3.38. The number of aromatic nitrogens is 2. The van der Waals surface area contributed by atoms with E-state index in [1.807, 2.05) is 13.2 Å². The lowest BCUT2D eigenvalue weighted by Crippen LogP contribution is -2.17. The van der Waals surface area contributed by atoms with Crippen LogP contribution >= 0.6 is 0 Å². The predicted molar refractivity (Wildman–Crippen MR) is 121 cm³/mol. The number of unbranched alkanes of at least 4 members (excludes halogenated alkanes) is 2. The lowest BCUT2D eigenvalue weighted by atomic mass is 10.2. The molecule has 1 aliphatic rings. The molecule has 5 nitrogen and oxygen atoms in total. The Kier molecular flexibility index (Phi) is 9.32. The van der Waals surface area contributed by atoms with E-state index in [1.165, 1.54) is 50.0 Å². The minimum absolute atomic E-state index is 0.764. The van der Waals surface area contributed by atoms with E-state index in [9.17, 15) is 0 Å². The van der Waals surface area contributed by atoms with Crippen LogP contribution in [0.4, 0.5) is 17.2 Å². The highest BCUT2D eigenvalue weighted by molar-refractivity contribution is 5.63. The Bertz CT molecular complexity index is 693. The zero-order valence-corrected chi connectivity index (χ0v) is 17.5. The van der Waals surface area contributed by atoms with Crippen molar-refractivity contribution in [1.82, 2.24) is 9.97 Å². The van der Waals surface area contributed by atoms with Crippen molar-refractivity contribution in [2.24, 2.45) is 0 Å². The average molecular weight is 382 g/mol. The largest absolute Gasteiger partial charge is 0.384 e. The second kappa shape index (κ2) is 12.0. The van der Waals surface area contributed by atoms with Crippen molar-refractivity contribution in [3.63, 3.8) is 0 Å². The first kappa shape index (κ1) is 21.7. The van der Waals surface area contributed by atoms with E-state index in [0.717, 1.165) is 36.7 Å². The van der Waals surface area contributed by atoms with Gasteiger partial charge in [0.1, 0.15) is 5.82 Å². The van der Waals surface area contributed by atoms with Gasteiger partial charge in [-0.25, -0.2) is 9.97 Å². The summed E-state index contributed by atoms with van der Waals surface area (Å²) in [5, 5.41) is 6.65. The molecule has 0 radical (unpaired) electrons. The summed E-state index contributed by atoms with van der Waals surface area (Å²) in [7, 11) is 1.91. The zero-order valence-electron chi connectivity index (χ0n) is 17.5. The Morgan fingerprint density at radius 1 is 1.07 bits per heavy atom. The topological polar surface area (TPSA) is 53.1 Å². The minimum Gasteiger partial charge on any atom is -0.384 e. The van der Waals surface area contributed by atoms with E-state index in [-0.39, 0.29) is 0 Å². The molecule has 1 fully saturated rings. The molecule has 0 atom stereocenters. The Balaban J connectivity index is 0.00000136. The van der Waals surface area contributed by atoms with Crippen LogP contribution in [0.3, 0.4) is 0 Å². The van der Waals surface area contributed by atoms with Gasteiger partial charge in [-0.3, -0.25) is 0 Å². The Labute approximate surface area is 170 Å². The zero-order chi connectivity index (χ0) is 20.2. The molecule has 0 bridgehead atoms. The van der Waals surface area contributed by atoms with Crippen molar-refractivity contribution < 1.29 is 0 Å². The lowest BCUT2D eigenvalue weighted by Gasteiger charge is -2.18. The minimum atomic E-state index is 0.764. The van der Waals surface area contributed by atoms with Crippen molar-refractivity contribution in [2.45, 2.75) is 52.0 Å². The van der Waals surface area contributed by atoms with Gasteiger partial charge in [0.05, 0.1) is 11.9 Å². The predicted octanol–water partition coefficient (Wildman–Crippen LogP) is 5.27. The summed E-state index contributed by atoms with van der Waals surface area (Å²) in [6, 6.07) is 8.89. The molecule has 1 aromatic carbocycles. The summed E-state index contributed by atoms with van der Waals surface area (Å²) in [5.74, 6) is 1.81. The summed E-state index contributed by atoms with van der Waals surface area (Å²) in [4.78, 5) is 11.7. The SMILES string of the molecule is C=C.CCCCCc1ncc(NC)c(NCc2ccc(N3CCCC3)cc2)n1. The van der Waals surface area contributed by atoms with E-state index < -0.39 is 0 Å². The van der Waals surface area contributed by atoms with Crippen LogP contribution in [0.5, 0.6) is 0 Å². The van der Waals surface area contributed by atoms with Crippen molar-refractivity contribution in [3.05, 3.63) is 55.0 Å². The van der Waals surface area contributed by atoms with Crippen molar-refractivity contribution in [2.75, 3.05) is 35.7 Å². The first-order valence-electron chi connectivity index (χ1n) is 10.4. The van der Waals surface area contributed by atoms with Crippen LogP contribution in [0.25, 0.3) is 0 Å². The Morgan fingerprint density at radius 3 is 2.43 bits per heavy atom. The van der Waals surface area contributed by atoms with Gasteiger partial charge in [-0.1, -0.05) is 31.9 Å². The van der Waals surface area contributed by atoms with Gasteiger partial charge >= 0.3 is 0 Å². The average Bonchev–Trinajstić information content (AvgIpc) is 3.29. The maximum absolute atomic E-state index is 4.72. The molecular formula is C23H35N5. The van der Waals surface area contributed by atoms with Crippen molar-refractivity contribution in [3.8, 4) is 0 Å². The number of hydrogen-bond acceptors (Lipinski definition) is 5. The summed E-state index contributed by atoms with van der Waals surface area (Å²) in [6.45, 7) is 11.4. The highest BCUT2D eigenvalue weighted by Crippen LogP contribution is 2.22. The Morgan fingerprint density at radius 2 is 1.79 bits per heavy atom. The number of anilines is 3. The molecule has 3 rings (SSSR count). The van der Waals surface area contributed by atoms with Gasteiger partial charge in [-0.2, -0.15) is 0 Å². The van der Waals surface area contributed by atoms with Gasteiger partial charge in [-0.05, 0) is 37.0 Å². The van der Waals surface area contributed by atoms with Gasteiger partial charge in [0, 0.05) is 38.8 Å². The summed E-state index contributed by atoms with van der Waals surface area (Å²) in [5.41, 5.74) is 3.54. The number of nitrogens with zero attached hydrogens (tertiary/aromatic N) is 3. The third-order valence-corrected chi connectivity index (χ3v) is 4.98. The standard InChI is InChI=1S/C21H31N5.C2H4/c1-3-4-5-8-20-23-16-19(22-2)21(25-20)24-15-17-9-11-18(12-10-17)26-13-6-7-14-26;1-2/h9-12,16,22H,3-8,13-15H2,1-2H3,(H,23,24,25);1-2H2. The summed E-state index contributed by atoms with van der Waals surface area (Å²) >= 11 is 0. The van der Waals surface area contributed by atoms with Gasteiger partial charge in [-0.15, -0.1) is 13.2 Å². The monoisotopic (exact) mass is 381 g/mol. The second-order valence-electron chi connectivity index (χ2n) is 6.97. The van der Waals surface area contributed by atoms with Crippen LogP contribution in [0.15, 0.2) is 43.6 Å². The molecular weight excluding hydrogens is 346 g/mol. The molecule has 0 amide bonds. The number of aryl methyl sites for hydroxylation is 1. The van der Waals surface area contributed by atoms with E-state index in [2.05, 4.69) is 64.9 Å². The third kappa shape index (κ3) is 6.25. The van der Waals surface area contributed by atoms with E-state index in [1.54, 1.807) is 0 Å². The van der Waals surface area contributed by atoms with Gasteiger partial charge in [0.15, 0.2) is 5.82 Å². The molecule has 2 heterocycles. The number of benzene rings is 1. The smallest absolute Gasteiger partial charge is 0.153 e.